The van der Waals surface area contributed by atoms with Gasteiger partial charge in [0.2, 0.25) is 5.82 Å². The maximum Gasteiger partial charge on any atom is 0.308 e. The Labute approximate surface area is 158 Å². The average Bonchev–Trinajstić information content (AvgIpc) is 3.32. The Kier molecular flexibility index (Phi) is 4.44. The van der Waals surface area contributed by atoms with Crippen LogP contribution in [0.3, 0.4) is 0 Å². The molecule has 0 atom stereocenters. The second-order valence-electron chi connectivity index (χ2n) is 5.68. The molecule has 26 heavy (non-hydrogen) atoms. The molecule has 4 rings (SSSR count). The van der Waals surface area contributed by atoms with Crippen molar-refractivity contribution in [3.05, 3.63) is 52.0 Å². The number of aromatic amines is 2. The number of furan rings is 1. The molecular weight excluding hydrogens is 377 g/mol. The highest BCUT2D eigenvalue weighted by molar-refractivity contribution is 6.35. The molecule has 0 bridgehead atoms. The summed E-state index contributed by atoms with van der Waals surface area (Å²) < 4.78 is 5.85. The standard InChI is InChI=1S/C16H13Cl2N7O/c1-25-23-15(21-24-25)5-4-14-19-16(22-20-14)13-3-2-12(26-13)9-6-10(17)8-11(18)7-9/h2-3,6-8H,4-5H2,1H3,(H,19,20,22)/p+1. The van der Waals surface area contributed by atoms with Gasteiger partial charge in [0.05, 0.1) is 5.10 Å². The van der Waals surface area contributed by atoms with E-state index in [4.69, 9.17) is 27.6 Å². The van der Waals surface area contributed by atoms with Crippen molar-refractivity contribution in [3.63, 3.8) is 0 Å². The molecule has 0 saturated heterocycles. The van der Waals surface area contributed by atoms with E-state index in [-0.39, 0.29) is 0 Å². The summed E-state index contributed by atoms with van der Waals surface area (Å²) in [7, 11) is 1.78. The Balaban J connectivity index is 1.50. The summed E-state index contributed by atoms with van der Waals surface area (Å²) in [5, 5.41) is 19.2. The second-order valence-corrected chi connectivity index (χ2v) is 6.55. The van der Waals surface area contributed by atoms with E-state index < -0.39 is 0 Å². The number of aryl methyl sites for hydroxylation is 3. The number of tetrazole rings is 1. The average molecular weight is 391 g/mol. The number of nitrogens with zero attached hydrogens (tertiary/aromatic N) is 5. The fraction of sp³-hybridized carbons (Fsp3) is 0.188. The minimum Gasteiger partial charge on any atom is -0.453 e. The molecule has 0 amide bonds. The fourth-order valence-corrected chi connectivity index (χ4v) is 3.04. The van der Waals surface area contributed by atoms with Crippen LogP contribution in [0.25, 0.3) is 22.9 Å². The van der Waals surface area contributed by atoms with Crippen molar-refractivity contribution < 1.29 is 9.21 Å². The van der Waals surface area contributed by atoms with Gasteiger partial charge in [-0.2, -0.15) is 5.10 Å². The molecule has 0 aliphatic carbocycles. The van der Waals surface area contributed by atoms with Gasteiger partial charge < -0.3 is 4.42 Å². The van der Waals surface area contributed by atoms with Crippen LogP contribution in [0.15, 0.2) is 34.7 Å². The molecule has 1 aromatic carbocycles. The van der Waals surface area contributed by atoms with Gasteiger partial charge in [0.15, 0.2) is 5.76 Å². The molecular formula is C16H14Cl2N7O+. The van der Waals surface area contributed by atoms with Crippen LogP contribution in [0.1, 0.15) is 11.6 Å². The van der Waals surface area contributed by atoms with Gasteiger partial charge in [-0.15, -0.1) is 0 Å². The van der Waals surface area contributed by atoms with Crippen molar-refractivity contribution in [2.24, 2.45) is 7.05 Å². The van der Waals surface area contributed by atoms with Crippen LogP contribution in [0.4, 0.5) is 0 Å². The molecule has 0 aliphatic rings. The molecule has 0 radical (unpaired) electrons. The molecule has 2 N–H and O–H groups in total. The van der Waals surface area contributed by atoms with Gasteiger partial charge in [-0.25, -0.2) is 4.98 Å². The zero-order valence-electron chi connectivity index (χ0n) is 13.7. The van der Waals surface area contributed by atoms with E-state index in [2.05, 4.69) is 30.6 Å². The Morgan fingerprint density at radius 3 is 2.54 bits per heavy atom. The first-order valence-electron chi connectivity index (χ1n) is 7.82. The van der Waals surface area contributed by atoms with Crippen LogP contribution >= 0.6 is 23.2 Å². The largest absolute Gasteiger partial charge is 0.453 e. The van der Waals surface area contributed by atoms with Gasteiger partial charge in [0.25, 0.3) is 0 Å². The third-order valence-corrected chi connectivity index (χ3v) is 4.12. The summed E-state index contributed by atoms with van der Waals surface area (Å²) in [5.41, 5.74) is 0.794. The van der Waals surface area contributed by atoms with Gasteiger partial charge in [-0.1, -0.05) is 28.0 Å². The first-order valence-corrected chi connectivity index (χ1v) is 8.58. The van der Waals surface area contributed by atoms with Crippen molar-refractivity contribution in [1.29, 1.82) is 0 Å². The maximum atomic E-state index is 6.04. The molecule has 4 aromatic rings. The molecule has 3 aromatic heterocycles. The lowest BCUT2D eigenvalue weighted by atomic mass is 10.2. The van der Waals surface area contributed by atoms with Gasteiger partial charge in [-0.3, -0.25) is 5.10 Å². The fourth-order valence-electron chi connectivity index (χ4n) is 2.51. The quantitative estimate of drug-likeness (QED) is 0.510. The highest BCUT2D eigenvalue weighted by atomic mass is 35.5. The van der Waals surface area contributed by atoms with E-state index in [0.29, 0.717) is 46.1 Å². The first-order chi connectivity index (χ1) is 12.6. The summed E-state index contributed by atoms with van der Waals surface area (Å²) in [6, 6.07) is 8.90. The van der Waals surface area contributed by atoms with Crippen LogP contribution in [-0.2, 0) is 19.9 Å². The highest BCUT2D eigenvalue weighted by Gasteiger charge is 2.14. The zero-order chi connectivity index (χ0) is 18.1. The molecule has 0 fully saturated rings. The number of hydrogen-bond acceptors (Lipinski definition) is 5. The lowest BCUT2D eigenvalue weighted by molar-refractivity contribution is -0.784. The highest BCUT2D eigenvalue weighted by Crippen LogP contribution is 2.30. The lowest BCUT2D eigenvalue weighted by Gasteiger charge is -1.99. The Morgan fingerprint density at radius 2 is 1.81 bits per heavy atom. The van der Waals surface area contributed by atoms with Crippen LogP contribution in [0.2, 0.25) is 10.0 Å². The second kappa shape index (κ2) is 6.89. The van der Waals surface area contributed by atoms with E-state index in [0.717, 1.165) is 11.4 Å². The summed E-state index contributed by atoms with van der Waals surface area (Å²) >= 11 is 12.1. The number of halogens is 2. The minimum absolute atomic E-state index is 0.486. The smallest absolute Gasteiger partial charge is 0.308 e. The number of rotatable bonds is 5. The number of nitrogens with one attached hydrogen (secondary N) is 2. The number of hydrogen-bond donors (Lipinski definition) is 2. The molecule has 132 valence electrons. The Bertz CT molecular complexity index is 1030. The van der Waals surface area contributed by atoms with Crippen molar-refractivity contribution in [1.82, 2.24) is 30.6 Å². The van der Waals surface area contributed by atoms with E-state index >= 15 is 0 Å². The Morgan fingerprint density at radius 1 is 1.04 bits per heavy atom. The van der Waals surface area contributed by atoms with E-state index in [9.17, 15) is 0 Å². The normalized spacial score (nSPS) is 11.2. The molecule has 0 aliphatic heterocycles. The molecule has 0 unspecified atom stereocenters. The van der Waals surface area contributed by atoms with Gasteiger partial charge >= 0.3 is 5.82 Å². The minimum atomic E-state index is 0.486. The monoisotopic (exact) mass is 390 g/mol. The number of benzene rings is 1. The summed E-state index contributed by atoms with van der Waals surface area (Å²) in [4.78, 5) is 6.01. The maximum absolute atomic E-state index is 6.04. The molecule has 10 heteroatoms. The van der Waals surface area contributed by atoms with Crippen molar-refractivity contribution >= 4 is 23.2 Å². The Hall–Kier alpha value is -2.71. The van der Waals surface area contributed by atoms with Gasteiger partial charge in [0.1, 0.15) is 18.6 Å². The van der Waals surface area contributed by atoms with Crippen LogP contribution < -0.4 is 4.80 Å². The SMILES string of the molecule is C[n+]1nc(CCc2nc(-c3ccc(-c4cc(Cl)cc(Cl)c4)o3)n[nH]2)n[nH]1. The van der Waals surface area contributed by atoms with Crippen molar-refractivity contribution in [2.45, 2.75) is 12.8 Å². The van der Waals surface area contributed by atoms with Crippen LogP contribution in [-0.4, -0.2) is 30.6 Å². The van der Waals surface area contributed by atoms with Gasteiger partial charge in [0, 0.05) is 28.5 Å². The number of aromatic nitrogens is 7. The predicted molar refractivity (Wildman–Crippen MR) is 94.5 cm³/mol. The summed E-state index contributed by atoms with van der Waals surface area (Å²) in [5.74, 6) is 3.13. The van der Waals surface area contributed by atoms with E-state index in [1.807, 2.05) is 12.1 Å². The van der Waals surface area contributed by atoms with E-state index in [1.165, 1.54) is 0 Å². The van der Waals surface area contributed by atoms with Crippen LogP contribution in [0.5, 0.6) is 0 Å². The predicted octanol–water partition coefficient (Wildman–Crippen LogP) is 2.77. The van der Waals surface area contributed by atoms with E-state index in [1.54, 1.807) is 30.0 Å². The number of H-pyrrole nitrogens is 2. The van der Waals surface area contributed by atoms with Crippen molar-refractivity contribution in [3.8, 4) is 22.9 Å². The molecule has 0 saturated carbocycles. The topological polar surface area (TPSA) is 100 Å². The molecule has 0 spiro atoms. The van der Waals surface area contributed by atoms with Crippen molar-refractivity contribution in [2.75, 3.05) is 0 Å². The van der Waals surface area contributed by atoms with Gasteiger partial charge in [-0.05, 0) is 40.6 Å². The lowest BCUT2D eigenvalue weighted by Crippen LogP contribution is -2.33. The third-order valence-electron chi connectivity index (χ3n) is 3.68. The zero-order valence-corrected chi connectivity index (χ0v) is 15.2. The summed E-state index contributed by atoms with van der Waals surface area (Å²) in [6.07, 6.45) is 1.29. The molecule has 3 heterocycles. The third kappa shape index (κ3) is 3.61. The molecule has 8 nitrogen and oxygen atoms in total. The van der Waals surface area contributed by atoms with Crippen LogP contribution in [0, 0.1) is 0 Å². The summed E-state index contributed by atoms with van der Waals surface area (Å²) in [6.45, 7) is 0. The first kappa shape index (κ1) is 16.7.